The highest BCUT2D eigenvalue weighted by molar-refractivity contribution is 6.32. The summed E-state index contributed by atoms with van der Waals surface area (Å²) in [7, 11) is 1.32. The van der Waals surface area contributed by atoms with Gasteiger partial charge in [0.2, 0.25) is 0 Å². The summed E-state index contributed by atoms with van der Waals surface area (Å²) in [5, 5.41) is 10.1. The summed E-state index contributed by atoms with van der Waals surface area (Å²) in [5.41, 5.74) is 1.12. The molecule has 0 saturated carbocycles. The zero-order valence-corrected chi connectivity index (χ0v) is 10.7. The Morgan fingerprint density at radius 1 is 1.50 bits per heavy atom. The Morgan fingerprint density at radius 3 is 2.78 bits per heavy atom. The second-order valence-corrected chi connectivity index (χ2v) is 4.22. The molecule has 1 aromatic carbocycles. The summed E-state index contributed by atoms with van der Waals surface area (Å²) in [6.45, 7) is 1.69. The van der Waals surface area contributed by atoms with E-state index in [2.05, 4.69) is 6.07 Å². The Morgan fingerprint density at radius 2 is 2.17 bits per heavy atom. The molecule has 1 unspecified atom stereocenters. The number of rotatable bonds is 2. The van der Waals surface area contributed by atoms with E-state index in [1.165, 1.54) is 7.11 Å². The maximum Gasteiger partial charge on any atom is 0.328 e. The first-order valence-electron chi connectivity index (χ1n) is 5.38. The molecule has 0 radical (unpaired) electrons. The third-order valence-electron chi connectivity index (χ3n) is 2.89. The standard InChI is InChI=1S/C13H11ClN2O2/c1-8(13(17)18-2)16-11-6-4-3-5-9(11)10(7-15)12(16)14/h3-6,8H,1-2H3. The van der Waals surface area contributed by atoms with Crippen LogP contribution in [0.3, 0.4) is 0 Å². The van der Waals surface area contributed by atoms with E-state index in [1.54, 1.807) is 17.6 Å². The summed E-state index contributed by atoms with van der Waals surface area (Å²) in [6.07, 6.45) is 0. The van der Waals surface area contributed by atoms with Crippen LogP contribution in [0, 0.1) is 11.3 Å². The lowest BCUT2D eigenvalue weighted by Crippen LogP contribution is -2.17. The van der Waals surface area contributed by atoms with Crippen LogP contribution in [0.1, 0.15) is 18.5 Å². The van der Waals surface area contributed by atoms with Crippen LogP contribution >= 0.6 is 11.6 Å². The molecule has 0 amide bonds. The van der Waals surface area contributed by atoms with Gasteiger partial charge in [0.15, 0.2) is 0 Å². The highest BCUT2D eigenvalue weighted by Crippen LogP contribution is 2.32. The number of nitriles is 1. The van der Waals surface area contributed by atoms with Crippen molar-refractivity contribution in [3.63, 3.8) is 0 Å². The predicted molar refractivity (Wildman–Crippen MR) is 68.4 cm³/mol. The fourth-order valence-corrected chi connectivity index (χ4v) is 2.37. The molecule has 92 valence electrons. The molecule has 0 aliphatic heterocycles. The van der Waals surface area contributed by atoms with E-state index in [1.807, 2.05) is 18.2 Å². The zero-order chi connectivity index (χ0) is 13.3. The first-order valence-corrected chi connectivity index (χ1v) is 5.76. The average molecular weight is 263 g/mol. The fourth-order valence-electron chi connectivity index (χ4n) is 1.99. The van der Waals surface area contributed by atoms with Crippen molar-refractivity contribution in [2.24, 2.45) is 0 Å². The van der Waals surface area contributed by atoms with Crippen molar-refractivity contribution in [3.8, 4) is 6.07 Å². The van der Waals surface area contributed by atoms with E-state index in [0.717, 1.165) is 10.9 Å². The van der Waals surface area contributed by atoms with E-state index in [9.17, 15) is 4.79 Å². The van der Waals surface area contributed by atoms with Crippen molar-refractivity contribution in [3.05, 3.63) is 35.0 Å². The molecule has 0 bridgehead atoms. The van der Waals surface area contributed by atoms with Crippen molar-refractivity contribution in [1.29, 1.82) is 5.26 Å². The Kier molecular flexibility index (Phi) is 3.26. The van der Waals surface area contributed by atoms with Crippen LogP contribution in [0.2, 0.25) is 5.15 Å². The fraction of sp³-hybridized carbons (Fsp3) is 0.231. The summed E-state index contributed by atoms with van der Waals surface area (Å²) < 4.78 is 6.32. The van der Waals surface area contributed by atoms with Crippen molar-refractivity contribution in [2.45, 2.75) is 13.0 Å². The van der Waals surface area contributed by atoms with Gasteiger partial charge in [0, 0.05) is 5.39 Å². The molecule has 0 N–H and O–H groups in total. The monoisotopic (exact) mass is 262 g/mol. The molecule has 5 heteroatoms. The van der Waals surface area contributed by atoms with Gasteiger partial charge in [0.05, 0.1) is 18.2 Å². The van der Waals surface area contributed by atoms with Crippen LogP contribution in [0.4, 0.5) is 0 Å². The van der Waals surface area contributed by atoms with Gasteiger partial charge in [-0.2, -0.15) is 5.26 Å². The molecule has 2 rings (SSSR count). The Bertz CT molecular complexity index is 655. The maximum absolute atomic E-state index is 11.6. The lowest BCUT2D eigenvalue weighted by molar-refractivity contribution is -0.143. The van der Waals surface area contributed by atoms with Gasteiger partial charge in [-0.05, 0) is 13.0 Å². The topological polar surface area (TPSA) is 55.0 Å². The Labute approximate surface area is 109 Å². The SMILES string of the molecule is COC(=O)C(C)n1c(Cl)c(C#N)c2ccccc21. The molecular weight excluding hydrogens is 252 g/mol. The molecule has 4 nitrogen and oxygen atoms in total. The minimum atomic E-state index is -0.575. The number of benzene rings is 1. The second kappa shape index (κ2) is 4.71. The highest BCUT2D eigenvalue weighted by Gasteiger charge is 2.23. The Hall–Kier alpha value is -1.99. The van der Waals surface area contributed by atoms with Crippen LogP contribution in [-0.4, -0.2) is 17.6 Å². The molecule has 0 fully saturated rings. The van der Waals surface area contributed by atoms with E-state index >= 15 is 0 Å². The molecule has 1 aromatic heterocycles. The number of ether oxygens (including phenoxy) is 1. The number of hydrogen-bond acceptors (Lipinski definition) is 3. The maximum atomic E-state index is 11.6. The summed E-state index contributed by atoms with van der Waals surface area (Å²) >= 11 is 6.18. The molecule has 1 heterocycles. The van der Waals surface area contributed by atoms with Gasteiger partial charge in [-0.25, -0.2) is 4.79 Å². The minimum Gasteiger partial charge on any atom is -0.467 e. The number of aromatic nitrogens is 1. The van der Waals surface area contributed by atoms with Gasteiger partial charge in [-0.3, -0.25) is 0 Å². The zero-order valence-electron chi connectivity index (χ0n) is 9.98. The quantitative estimate of drug-likeness (QED) is 0.782. The molecule has 1 atom stereocenters. The van der Waals surface area contributed by atoms with Crippen molar-refractivity contribution >= 4 is 28.5 Å². The number of para-hydroxylation sites is 1. The van der Waals surface area contributed by atoms with Gasteiger partial charge < -0.3 is 9.30 Å². The minimum absolute atomic E-state index is 0.261. The number of methoxy groups -OCH3 is 1. The second-order valence-electron chi connectivity index (χ2n) is 3.86. The number of fused-ring (bicyclic) bond motifs is 1. The van der Waals surface area contributed by atoms with Crippen LogP contribution < -0.4 is 0 Å². The molecule has 2 aromatic rings. The third kappa shape index (κ3) is 1.73. The molecule has 0 saturated heterocycles. The van der Waals surface area contributed by atoms with Gasteiger partial charge in [0.1, 0.15) is 17.3 Å². The third-order valence-corrected chi connectivity index (χ3v) is 3.26. The Balaban J connectivity index is 2.75. The first-order chi connectivity index (χ1) is 8.61. The van der Waals surface area contributed by atoms with Gasteiger partial charge in [-0.15, -0.1) is 0 Å². The summed E-state index contributed by atoms with van der Waals surface area (Å²) in [6, 6.07) is 8.78. The molecular formula is C13H11ClN2O2. The number of carbonyl (C=O) groups is 1. The van der Waals surface area contributed by atoms with Crippen LogP contribution in [-0.2, 0) is 9.53 Å². The van der Waals surface area contributed by atoms with E-state index in [4.69, 9.17) is 21.6 Å². The van der Waals surface area contributed by atoms with Crippen molar-refractivity contribution in [1.82, 2.24) is 4.57 Å². The van der Waals surface area contributed by atoms with Gasteiger partial charge in [-0.1, -0.05) is 29.8 Å². The van der Waals surface area contributed by atoms with Crippen LogP contribution in [0.5, 0.6) is 0 Å². The van der Waals surface area contributed by atoms with Gasteiger partial charge >= 0.3 is 5.97 Å². The number of hydrogen-bond donors (Lipinski definition) is 0. The summed E-state index contributed by atoms with van der Waals surface area (Å²) in [4.78, 5) is 11.6. The van der Waals surface area contributed by atoms with E-state index in [-0.39, 0.29) is 5.15 Å². The number of carbonyl (C=O) groups excluding carboxylic acids is 1. The van der Waals surface area contributed by atoms with Crippen molar-refractivity contribution in [2.75, 3.05) is 7.11 Å². The van der Waals surface area contributed by atoms with Crippen LogP contribution in [0.25, 0.3) is 10.9 Å². The van der Waals surface area contributed by atoms with Gasteiger partial charge in [0.25, 0.3) is 0 Å². The average Bonchev–Trinajstić information content (AvgIpc) is 2.68. The van der Waals surface area contributed by atoms with E-state index in [0.29, 0.717) is 5.56 Å². The molecule has 0 aliphatic carbocycles. The predicted octanol–water partition coefficient (Wildman–Crippen LogP) is 2.90. The first kappa shape index (κ1) is 12.5. The normalized spacial score (nSPS) is 12.1. The highest BCUT2D eigenvalue weighted by atomic mass is 35.5. The molecule has 0 spiro atoms. The van der Waals surface area contributed by atoms with E-state index < -0.39 is 12.0 Å². The number of nitrogens with zero attached hydrogens (tertiary/aromatic N) is 2. The van der Waals surface area contributed by atoms with Crippen molar-refractivity contribution < 1.29 is 9.53 Å². The molecule has 18 heavy (non-hydrogen) atoms. The molecule has 0 aliphatic rings. The summed E-state index contributed by atoms with van der Waals surface area (Å²) in [5.74, 6) is -0.401. The number of esters is 1. The number of halogens is 1. The van der Waals surface area contributed by atoms with Crippen LogP contribution in [0.15, 0.2) is 24.3 Å². The lowest BCUT2D eigenvalue weighted by Gasteiger charge is -2.13. The lowest BCUT2D eigenvalue weighted by atomic mass is 10.2. The largest absolute Gasteiger partial charge is 0.467 e. The smallest absolute Gasteiger partial charge is 0.328 e.